The van der Waals surface area contributed by atoms with Crippen molar-refractivity contribution in [1.29, 1.82) is 0 Å². The minimum atomic E-state index is -4.98. The second-order valence-electron chi connectivity index (χ2n) is 9.42. The maximum atomic E-state index is 15.1. The number of nitrogens with zero attached hydrogens (tertiary/aromatic N) is 1. The molecule has 0 fully saturated rings. The van der Waals surface area contributed by atoms with E-state index in [1.165, 1.54) is 18.2 Å². The number of aliphatic hydroxyl groups is 1. The van der Waals surface area contributed by atoms with Crippen molar-refractivity contribution in [3.05, 3.63) is 94.6 Å². The zero-order valence-corrected chi connectivity index (χ0v) is 22.7. The average molecular weight is 608 g/mol. The zero-order valence-electron chi connectivity index (χ0n) is 21.9. The SMILES string of the molecule is CS(=O)(=O)c1cc(OCCCN(Cc2cccc(C(F)(F)F)c2F)CC(F)(F)c2ccc(F)cc2)ccc1CCO. The van der Waals surface area contributed by atoms with E-state index in [0.717, 1.165) is 47.6 Å². The number of benzene rings is 3. The molecule has 0 heterocycles. The maximum absolute atomic E-state index is 15.1. The van der Waals surface area contributed by atoms with Crippen LogP contribution in [0.3, 0.4) is 0 Å². The summed E-state index contributed by atoms with van der Waals surface area (Å²) in [5.74, 6) is -5.69. The average Bonchev–Trinajstić information content (AvgIpc) is 2.87. The van der Waals surface area contributed by atoms with Crippen LogP contribution in [0.4, 0.5) is 30.7 Å². The molecule has 13 heteroatoms. The molecule has 0 saturated carbocycles. The van der Waals surface area contributed by atoms with Gasteiger partial charge in [0.05, 0.1) is 23.6 Å². The lowest BCUT2D eigenvalue weighted by Gasteiger charge is -2.28. The third-order valence-electron chi connectivity index (χ3n) is 6.17. The van der Waals surface area contributed by atoms with Crippen molar-refractivity contribution in [3.63, 3.8) is 0 Å². The number of halogens is 7. The first-order valence-corrected chi connectivity index (χ1v) is 14.3. The summed E-state index contributed by atoms with van der Waals surface area (Å²) >= 11 is 0. The Morgan fingerprint density at radius 2 is 1.61 bits per heavy atom. The highest BCUT2D eigenvalue weighted by atomic mass is 32.2. The second-order valence-corrected chi connectivity index (χ2v) is 11.4. The van der Waals surface area contributed by atoms with Gasteiger partial charge in [0, 0.05) is 37.1 Å². The van der Waals surface area contributed by atoms with Crippen LogP contribution in [0.5, 0.6) is 5.75 Å². The van der Waals surface area contributed by atoms with Crippen LogP contribution >= 0.6 is 0 Å². The third kappa shape index (κ3) is 8.91. The summed E-state index contributed by atoms with van der Waals surface area (Å²) in [6, 6.07) is 10.3. The van der Waals surface area contributed by atoms with Crippen LogP contribution in [0.2, 0.25) is 0 Å². The molecule has 41 heavy (non-hydrogen) atoms. The fourth-order valence-corrected chi connectivity index (χ4v) is 5.19. The molecule has 0 amide bonds. The van der Waals surface area contributed by atoms with Gasteiger partial charge < -0.3 is 9.84 Å². The minimum absolute atomic E-state index is 0.0374. The number of ether oxygens (including phenoxy) is 1. The fourth-order valence-electron chi connectivity index (χ4n) is 4.22. The molecular weight excluding hydrogens is 579 g/mol. The van der Waals surface area contributed by atoms with Gasteiger partial charge in [-0.3, -0.25) is 4.90 Å². The molecule has 0 aliphatic rings. The van der Waals surface area contributed by atoms with Crippen LogP contribution in [0.1, 0.15) is 28.7 Å². The van der Waals surface area contributed by atoms with Gasteiger partial charge in [-0.2, -0.15) is 22.0 Å². The lowest BCUT2D eigenvalue weighted by Crippen LogP contribution is -2.36. The molecule has 1 N–H and O–H groups in total. The maximum Gasteiger partial charge on any atom is 0.419 e. The van der Waals surface area contributed by atoms with Gasteiger partial charge in [0.1, 0.15) is 17.4 Å². The molecule has 0 aliphatic carbocycles. The molecule has 3 aromatic rings. The second kappa shape index (κ2) is 13.2. The van der Waals surface area contributed by atoms with E-state index in [1.54, 1.807) is 0 Å². The number of hydrogen-bond donors (Lipinski definition) is 1. The summed E-state index contributed by atoms with van der Waals surface area (Å²) in [6.07, 6.45) is -3.81. The van der Waals surface area contributed by atoms with Crippen LogP contribution in [0, 0.1) is 11.6 Å². The van der Waals surface area contributed by atoms with E-state index in [9.17, 15) is 30.4 Å². The summed E-state index contributed by atoms with van der Waals surface area (Å²) < 4.78 is 128. The summed E-state index contributed by atoms with van der Waals surface area (Å²) in [6.45, 7) is -2.11. The van der Waals surface area contributed by atoms with Crippen molar-refractivity contribution >= 4 is 9.84 Å². The van der Waals surface area contributed by atoms with Gasteiger partial charge in [-0.25, -0.2) is 17.2 Å². The zero-order chi connectivity index (χ0) is 30.4. The van der Waals surface area contributed by atoms with Crippen LogP contribution in [0.25, 0.3) is 0 Å². The predicted octanol–water partition coefficient (Wildman–Crippen LogP) is 5.99. The van der Waals surface area contributed by atoms with Gasteiger partial charge in [-0.15, -0.1) is 0 Å². The van der Waals surface area contributed by atoms with Crippen molar-refractivity contribution in [2.75, 3.05) is 32.6 Å². The molecule has 3 rings (SSSR count). The van der Waals surface area contributed by atoms with Crippen molar-refractivity contribution < 1.29 is 49.0 Å². The topological polar surface area (TPSA) is 66.8 Å². The van der Waals surface area contributed by atoms with E-state index >= 15 is 8.78 Å². The van der Waals surface area contributed by atoms with E-state index < -0.39 is 63.4 Å². The van der Waals surface area contributed by atoms with Gasteiger partial charge in [-0.05, 0) is 48.7 Å². The summed E-state index contributed by atoms with van der Waals surface area (Å²) in [7, 11) is -3.65. The highest BCUT2D eigenvalue weighted by Gasteiger charge is 2.37. The first kappa shape index (κ1) is 32.4. The van der Waals surface area contributed by atoms with Gasteiger partial charge >= 0.3 is 6.18 Å². The molecule has 224 valence electrons. The Morgan fingerprint density at radius 1 is 0.927 bits per heavy atom. The number of hydrogen-bond acceptors (Lipinski definition) is 5. The third-order valence-corrected chi connectivity index (χ3v) is 7.35. The Kier molecular flexibility index (Phi) is 10.4. The van der Waals surface area contributed by atoms with Gasteiger partial charge in [0.15, 0.2) is 9.84 Å². The Balaban J connectivity index is 1.78. The van der Waals surface area contributed by atoms with Gasteiger partial charge in [-0.1, -0.05) is 30.3 Å². The van der Waals surface area contributed by atoms with E-state index in [2.05, 4.69) is 0 Å². The van der Waals surface area contributed by atoms with Crippen molar-refractivity contribution in [2.45, 2.75) is 36.4 Å². The molecule has 0 bridgehead atoms. The predicted molar refractivity (Wildman–Crippen MR) is 137 cm³/mol. The first-order chi connectivity index (χ1) is 19.1. The van der Waals surface area contributed by atoms with Crippen LogP contribution < -0.4 is 4.74 Å². The van der Waals surface area contributed by atoms with Crippen LogP contribution in [-0.4, -0.2) is 51.0 Å². The van der Waals surface area contributed by atoms with E-state index in [0.29, 0.717) is 11.6 Å². The molecule has 3 aromatic carbocycles. The molecule has 0 radical (unpaired) electrons. The molecule has 0 atom stereocenters. The van der Waals surface area contributed by atoms with Crippen LogP contribution in [0.15, 0.2) is 65.6 Å². The van der Waals surface area contributed by atoms with E-state index in [4.69, 9.17) is 9.84 Å². The van der Waals surface area contributed by atoms with Crippen molar-refractivity contribution in [3.8, 4) is 5.75 Å². The molecule has 5 nitrogen and oxygen atoms in total. The lowest BCUT2D eigenvalue weighted by atomic mass is 10.1. The van der Waals surface area contributed by atoms with Gasteiger partial charge in [0.2, 0.25) is 0 Å². The standard InChI is InChI=1S/C28H28F7NO4S/c1-41(38,39)25-16-23(11-6-19(25)12-14-37)40-15-3-13-36(18-27(31,32)21-7-9-22(29)10-8-21)17-20-4-2-5-24(26(20)30)28(33,34)35/h2,4-11,16,37H,3,12-15,17-18H2,1H3. The fraction of sp³-hybridized carbons (Fsp3) is 0.357. The molecule has 0 spiro atoms. The Hall–Kier alpha value is -3.16. The lowest BCUT2D eigenvalue weighted by molar-refractivity contribution is -0.140. The van der Waals surface area contributed by atoms with Gasteiger partial charge in [0.25, 0.3) is 5.92 Å². The number of rotatable bonds is 13. The summed E-state index contributed by atoms with van der Waals surface area (Å²) in [4.78, 5) is 1.03. The summed E-state index contributed by atoms with van der Waals surface area (Å²) in [5.41, 5.74) is -2.09. The Labute approximate surface area is 233 Å². The smallest absolute Gasteiger partial charge is 0.419 e. The van der Waals surface area contributed by atoms with Crippen molar-refractivity contribution in [2.24, 2.45) is 0 Å². The highest BCUT2D eigenvalue weighted by Crippen LogP contribution is 2.34. The molecule has 0 aromatic heterocycles. The Morgan fingerprint density at radius 3 is 2.22 bits per heavy atom. The normalized spacial score (nSPS) is 12.6. The minimum Gasteiger partial charge on any atom is -0.494 e. The molecule has 0 unspecified atom stereocenters. The Bertz CT molecular complexity index is 1430. The number of aliphatic hydroxyl groups excluding tert-OH is 1. The first-order valence-electron chi connectivity index (χ1n) is 12.4. The molecule has 0 aliphatic heterocycles. The number of sulfone groups is 1. The molecule has 0 saturated heterocycles. The number of alkyl halides is 5. The van der Waals surface area contributed by atoms with E-state index in [1.807, 2.05) is 0 Å². The summed E-state index contributed by atoms with van der Waals surface area (Å²) in [5, 5.41) is 9.17. The molecular formula is C28H28F7NO4S. The monoisotopic (exact) mass is 607 g/mol. The quantitative estimate of drug-likeness (QED) is 0.191. The van der Waals surface area contributed by atoms with Crippen LogP contribution in [-0.2, 0) is 34.9 Å². The van der Waals surface area contributed by atoms with E-state index in [-0.39, 0.29) is 43.2 Å². The highest BCUT2D eigenvalue weighted by molar-refractivity contribution is 7.90. The largest absolute Gasteiger partial charge is 0.494 e. The van der Waals surface area contributed by atoms with Crippen molar-refractivity contribution in [1.82, 2.24) is 4.90 Å².